The van der Waals surface area contributed by atoms with Gasteiger partial charge < -0.3 is 10.1 Å². The maximum atomic E-state index is 13.0. The average Bonchev–Trinajstić information content (AvgIpc) is 2.44. The first-order chi connectivity index (χ1) is 9.95. The molecule has 0 aliphatic carbocycles. The molecular formula is C16H15F2NO2. The molecule has 1 amide bonds. The van der Waals surface area contributed by atoms with Crippen molar-refractivity contribution in [3.8, 4) is 5.75 Å². The number of hydrogen-bond donors (Lipinski definition) is 1. The van der Waals surface area contributed by atoms with E-state index < -0.39 is 6.10 Å². The highest BCUT2D eigenvalue weighted by Crippen LogP contribution is 2.17. The first-order valence-electron chi connectivity index (χ1n) is 6.45. The summed E-state index contributed by atoms with van der Waals surface area (Å²) in [5.41, 5.74) is 1.15. The van der Waals surface area contributed by atoms with Gasteiger partial charge >= 0.3 is 0 Å². The monoisotopic (exact) mass is 291 g/mol. The molecule has 2 rings (SSSR count). The lowest BCUT2D eigenvalue weighted by atomic mass is 10.2. The third kappa shape index (κ3) is 4.02. The summed E-state index contributed by atoms with van der Waals surface area (Å²) < 4.78 is 31.2. The molecule has 0 aromatic heterocycles. The standard InChI is InChI=1S/C16H15F2NO2/c1-10-9-13(18)5-8-15(10)19-16(20)11(2)21-14-6-3-12(17)4-7-14/h3-9,11H,1-2H3,(H,19,20)/t11-/m1/s1. The van der Waals surface area contributed by atoms with Crippen molar-refractivity contribution in [2.45, 2.75) is 20.0 Å². The summed E-state index contributed by atoms with van der Waals surface area (Å²) in [7, 11) is 0. The fourth-order valence-corrected chi connectivity index (χ4v) is 1.77. The van der Waals surface area contributed by atoms with Gasteiger partial charge in [0.2, 0.25) is 0 Å². The number of benzene rings is 2. The summed E-state index contributed by atoms with van der Waals surface area (Å²) >= 11 is 0. The molecule has 2 aromatic carbocycles. The van der Waals surface area contributed by atoms with Crippen molar-refractivity contribution in [2.75, 3.05) is 5.32 Å². The van der Waals surface area contributed by atoms with Crippen molar-refractivity contribution in [3.63, 3.8) is 0 Å². The quantitative estimate of drug-likeness (QED) is 0.933. The van der Waals surface area contributed by atoms with Gasteiger partial charge in [-0.1, -0.05) is 0 Å². The van der Waals surface area contributed by atoms with E-state index in [0.29, 0.717) is 17.0 Å². The third-order valence-corrected chi connectivity index (χ3v) is 2.94. The second kappa shape index (κ2) is 6.35. The van der Waals surface area contributed by atoms with Crippen molar-refractivity contribution in [1.29, 1.82) is 0 Å². The van der Waals surface area contributed by atoms with Gasteiger partial charge in [-0.25, -0.2) is 8.78 Å². The minimum absolute atomic E-state index is 0.360. The van der Waals surface area contributed by atoms with Crippen LogP contribution in [0.4, 0.5) is 14.5 Å². The average molecular weight is 291 g/mol. The van der Waals surface area contributed by atoms with Crippen molar-refractivity contribution in [2.24, 2.45) is 0 Å². The van der Waals surface area contributed by atoms with E-state index in [0.717, 1.165) is 0 Å². The predicted molar refractivity (Wildman–Crippen MR) is 76.3 cm³/mol. The van der Waals surface area contributed by atoms with Crippen LogP contribution in [0.15, 0.2) is 42.5 Å². The highest BCUT2D eigenvalue weighted by molar-refractivity contribution is 5.94. The van der Waals surface area contributed by atoms with E-state index in [-0.39, 0.29) is 17.5 Å². The van der Waals surface area contributed by atoms with Gasteiger partial charge in [0.15, 0.2) is 6.10 Å². The molecule has 110 valence electrons. The molecule has 0 radical (unpaired) electrons. The minimum Gasteiger partial charge on any atom is -0.481 e. The van der Waals surface area contributed by atoms with E-state index in [1.54, 1.807) is 13.8 Å². The Balaban J connectivity index is 2.00. The van der Waals surface area contributed by atoms with E-state index in [1.165, 1.54) is 42.5 Å². The normalized spacial score (nSPS) is 11.8. The van der Waals surface area contributed by atoms with E-state index in [2.05, 4.69) is 5.32 Å². The zero-order chi connectivity index (χ0) is 15.4. The summed E-state index contributed by atoms with van der Waals surface area (Å²) in [6, 6.07) is 9.50. The fourth-order valence-electron chi connectivity index (χ4n) is 1.77. The van der Waals surface area contributed by atoms with Gasteiger partial charge in [-0.05, 0) is 61.9 Å². The minimum atomic E-state index is -0.764. The van der Waals surface area contributed by atoms with Crippen LogP contribution in [0.5, 0.6) is 5.75 Å². The predicted octanol–water partition coefficient (Wildman–Crippen LogP) is 3.68. The summed E-state index contributed by atoms with van der Waals surface area (Å²) in [6.07, 6.45) is -0.764. The van der Waals surface area contributed by atoms with Gasteiger partial charge in [-0.3, -0.25) is 4.79 Å². The smallest absolute Gasteiger partial charge is 0.265 e. The van der Waals surface area contributed by atoms with Gasteiger partial charge in [0.25, 0.3) is 5.91 Å². The molecule has 0 saturated heterocycles. The molecule has 2 aromatic rings. The molecule has 0 bridgehead atoms. The Morgan fingerprint density at radius 1 is 1.10 bits per heavy atom. The van der Waals surface area contributed by atoms with Crippen LogP contribution in [0.2, 0.25) is 0 Å². The number of hydrogen-bond acceptors (Lipinski definition) is 2. The molecule has 0 unspecified atom stereocenters. The topological polar surface area (TPSA) is 38.3 Å². The van der Waals surface area contributed by atoms with Gasteiger partial charge in [-0.2, -0.15) is 0 Å². The van der Waals surface area contributed by atoms with E-state index >= 15 is 0 Å². The van der Waals surface area contributed by atoms with Crippen LogP contribution in [0, 0.1) is 18.6 Å². The Bertz CT molecular complexity index is 641. The first-order valence-corrected chi connectivity index (χ1v) is 6.45. The Labute approximate surface area is 121 Å². The largest absolute Gasteiger partial charge is 0.481 e. The van der Waals surface area contributed by atoms with Crippen molar-refractivity contribution in [1.82, 2.24) is 0 Å². The van der Waals surface area contributed by atoms with Crippen molar-refractivity contribution in [3.05, 3.63) is 59.7 Å². The Morgan fingerprint density at radius 2 is 1.71 bits per heavy atom. The number of halogens is 2. The molecule has 21 heavy (non-hydrogen) atoms. The highest BCUT2D eigenvalue weighted by atomic mass is 19.1. The van der Waals surface area contributed by atoms with Gasteiger partial charge in [0, 0.05) is 5.69 Å². The number of anilines is 1. The Kier molecular flexibility index (Phi) is 4.52. The van der Waals surface area contributed by atoms with E-state index in [9.17, 15) is 13.6 Å². The molecular weight excluding hydrogens is 276 g/mol. The number of carbonyl (C=O) groups excluding carboxylic acids is 1. The van der Waals surface area contributed by atoms with Crippen LogP contribution >= 0.6 is 0 Å². The van der Waals surface area contributed by atoms with E-state index in [4.69, 9.17) is 4.74 Å². The lowest BCUT2D eigenvalue weighted by Gasteiger charge is -2.15. The maximum absolute atomic E-state index is 13.0. The summed E-state index contributed by atoms with van der Waals surface area (Å²) in [4.78, 5) is 12.0. The van der Waals surface area contributed by atoms with Crippen LogP contribution in [-0.2, 0) is 4.79 Å². The molecule has 5 heteroatoms. The number of rotatable bonds is 4. The summed E-state index contributed by atoms with van der Waals surface area (Å²) in [5, 5.41) is 2.66. The third-order valence-electron chi connectivity index (χ3n) is 2.94. The SMILES string of the molecule is Cc1cc(F)ccc1NC(=O)[C@@H](C)Oc1ccc(F)cc1. The van der Waals surface area contributed by atoms with Gasteiger partial charge in [-0.15, -0.1) is 0 Å². The van der Waals surface area contributed by atoms with Gasteiger partial charge in [0.05, 0.1) is 0 Å². The fraction of sp³-hybridized carbons (Fsp3) is 0.188. The molecule has 0 saturated carbocycles. The number of amides is 1. The molecule has 1 atom stereocenters. The van der Waals surface area contributed by atoms with E-state index in [1.807, 2.05) is 0 Å². The van der Waals surface area contributed by atoms with Crippen LogP contribution in [-0.4, -0.2) is 12.0 Å². The lowest BCUT2D eigenvalue weighted by molar-refractivity contribution is -0.122. The van der Waals surface area contributed by atoms with Crippen LogP contribution in [0.25, 0.3) is 0 Å². The first kappa shape index (κ1) is 15.0. The maximum Gasteiger partial charge on any atom is 0.265 e. The van der Waals surface area contributed by atoms with Crippen molar-refractivity contribution < 1.29 is 18.3 Å². The van der Waals surface area contributed by atoms with Crippen LogP contribution in [0.3, 0.4) is 0 Å². The number of ether oxygens (including phenoxy) is 1. The zero-order valence-corrected chi connectivity index (χ0v) is 11.7. The summed E-state index contributed by atoms with van der Waals surface area (Å²) in [5.74, 6) is -0.702. The molecule has 1 N–H and O–H groups in total. The van der Waals surface area contributed by atoms with Crippen LogP contribution in [0.1, 0.15) is 12.5 Å². The zero-order valence-electron chi connectivity index (χ0n) is 11.7. The Hall–Kier alpha value is -2.43. The molecule has 3 nitrogen and oxygen atoms in total. The summed E-state index contributed by atoms with van der Waals surface area (Å²) in [6.45, 7) is 3.28. The second-order valence-electron chi connectivity index (χ2n) is 4.66. The number of nitrogens with one attached hydrogen (secondary N) is 1. The number of aryl methyl sites for hydroxylation is 1. The van der Waals surface area contributed by atoms with Gasteiger partial charge in [0.1, 0.15) is 17.4 Å². The van der Waals surface area contributed by atoms with Crippen molar-refractivity contribution >= 4 is 11.6 Å². The Morgan fingerprint density at radius 3 is 2.33 bits per heavy atom. The molecule has 0 spiro atoms. The lowest BCUT2D eigenvalue weighted by Crippen LogP contribution is -2.30. The molecule has 0 aliphatic rings. The van der Waals surface area contributed by atoms with Crippen LogP contribution < -0.4 is 10.1 Å². The molecule has 0 fully saturated rings. The molecule has 0 aliphatic heterocycles. The number of carbonyl (C=O) groups is 1. The highest BCUT2D eigenvalue weighted by Gasteiger charge is 2.15. The molecule has 0 heterocycles. The second-order valence-corrected chi connectivity index (χ2v) is 4.66.